The lowest BCUT2D eigenvalue weighted by molar-refractivity contribution is 1.15. The van der Waals surface area contributed by atoms with Gasteiger partial charge in [-0.15, -0.1) is 0 Å². The van der Waals surface area contributed by atoms with E-state index < -0.39 is 0 Å². The Bertz CT molecular complexity index is 754. The Morgan fingerprint density at radius 2 is 1.62 bits per heavy atom. The number of anilines is 1. The number of hydrogen-bond acceptors (Lipinski definition) is 4. The van der Waals surface area contributed by atoms with Gasteiger partial charge in [-0.3, -0.25) is 0 Å². The van der Waals surface area contributed by atoms with Crippen LogP contribution in [0.1, 0.15) is 5.56 Å². The van der Waals surface area contributed by atoms with Crippen molar-refractivity contribution in [2.24, 2.45) is 5.84 Å². The Morgan fingerprint density at radius 1 is 0.857 bits per heavy atom. The molecule has 4 nitrogen and oxygen atoms in total. The van der Waals surface area contributed by atoms with Gasteiger partial charge in [-0.1, -0.05) is 54.1 Å². The molecule has 0 aliphatic heterocycles. The number of nitrogens with two attached hydrogens (primary N) is 1. The summed E-state index contributed by atoms with van der Waals surface area (Å²) >= 11 is 0. The fourth-order valence-corrected chi connectivity index (χ4v) is 2.19. The highest BCUT2D eigenvalue weighted by molar-refractivity contribution is 5.67. The summed E-state index contributed by atoms with van der Waals surface area (Å²) < 4.78 is 0. The number of aromatic nitrogens is 2. The molecule has 3 aromatic rings. The van der Waals surface area contributed by atoms with Crippen molar-refractivity contribution in [3.63, 3.8) is 0 Å². The molecule has 1 aromatic heterocycles. The molecule has 0 radical (unpaired) electrons. The molecule has 0 aliphatic rings. The standard InChI is InChI=1S/C17H16N4/c1-12-6-5-9-14(10-12)17-19-15(11-16(20-17)21-18)13-7-3-2-4-8-13/h2-11H,18H2,1H3,(H,19,20,21). The van der Waals surface area contributed by atoms with Crippen LogP contribution in [-0.4, -0.2) is 9.97 Å². The largest absolute Gasteiger partial charge is 0.308 e. The molecule has 1 heterocycles. The van der Waals surface area contributed by atoms with Crippen molar-refractivity contribution in [1.82, 2.24) is 9.97 Å². The third-order valence-corrected chi connectivity index (χ3v) is 3.22. The van der Waals surface area contributed by atoms with Crippen LogP contribution in [-0.2, 0) is 0 Å². The molecule has 0 saturated heterocycles. The molecule has 0 unspecified atom stereocenters. The first-order chi connectivity index (χ1) is 10.3. The van der Waals surface area contributed by atoms with Gasteiger partial charge in [-0.05, 0) is 13.0 Å². The lowest BCUT2D eigenvalue weighted by atomic mass is 10.1. The molecule has 3 N–H and O–H groups in total. The van der Waals surface area contributed by atoms with E-state index in [1.165, 1.54) is 5.56 Å². The summed E-state index contributed by atoms with van der Waals surface area (Å²) in [6, 6.07) is 19.9. The van der Waals surface area contributed by atoms with Crippen molar-refractivity contribution in [2.45, 2.75) is 6.92 Å². The second kappa shape index (κ2) is 5.73. The smallest absolute Gasteiger partial charge is 0.162 e. The van der Waals surface area contributed by atoms with E-state index in [4.69, 9.17) is 5.84 Å². The van der Waals surface area contributed by atoms with Crippen LogP contribution in [0.15, 0.2) is 60.7 Å². The highest BCUT2D eigenvalue weighted by atomic mass is 15.3. The molecule has 0 bridgehead atoms. The minimum Gasteiger partial charge on any atom is -0.308 e. The lowest BCUT2D eigenvalue weighted by Crippen LogP contribution is -2.10. The summed E-state index contributed by atoms with van der Waals surface area (Å²) in [6.07, 6.45) is 0. The van der Waals surface area contributed by atoms with Crippen molar-refractivity contribution >= 4 is 5.82 Å². The van der Waals surface area contributed by atoms with E-state index in [-0.39, 0.29) is 0 Å². The number of nitrogen functional groups attached to an aromatic ring is 1. The molecule has 0 atom stereocenters. The fourth-order valence-electron chi connectivity index (χ4n) is 2.19. The second-order valence-electron chi connectivity index (χ2n) is 4.84. The highest BCUT2D eigenvalue weighted by Crippen LogP contribution is 2.24. The van der Waals surface area contributed by atoms with Gasteiger partial charge in [0.15, 0.2) is 5.82 Å². The molecule has 3 rings (SSSR count). The van der Waals surface area contributed by atoms with Gasteiger partial charge in [0.25, 0.3) is 0 Å². The molecule has 21 heavy (non-hydrogen) atoms. The predicted molar refractivity (Wildman–Crippen MR) is 85.5 cm³/mol. The Morgan fingerprint density at radius 3 is 2.33 bits per heavy atom. The average Bonchev–Trinajstić information content (AvgIpc) is 2.55. The van der Waals surface area contributed by atoms with E-state index in [0.717, 1.165) is 16.8 Å². The Hall–Kier alpha value is -2.72. The molecule has 0 amide bonds. The zero-order valence-corrected chi connectivity index (χ0v) is 11.7. The van der Waals surface area contributed by atoms with Gasteiger partial charge in [-0.2, -0.15) is 0 Å². The Labute approximate surface area is 123 Å². The normalized spacial score (nSPS) is 10.4. The molecule has 104 valence electrons. The monoisotopic (exact) mass is 276 g/mol. The summed E-state index contributed by atoms with van der Waals surface area (Å²) in [5, 5.41) is 0. The topological polar surface area (TPSA) is 63.8 Å². The average molecular weight is 276 g/mol. The van der Waals surface area contributed by atoms with Gasteiger partial charge in [0.2, 0.25) is 0 Å². The number of nitrogens with one attached hydrogen (secondary N) is 1. The first-order valence-corrected chi connectivity index (χ1v) is 6.74. The van der Waals surface area contributed by atoms with Crippen LogP contribution in [0.25, 0.3) is 22.6 Å². The first-order valence-electron chi connectivity index (χ1n) is 6.74. The summed E-state index contributed by atoms with van der Waals surface area (Å²) in [5.74, 6) is 6.79. The maximum Gasteiger partial charge on any atom is 0.162 e. The van der Waals surface area contributed by atoms with E-state index >= 15 is 0 Å². The molecular weight excluding hydrogens is 260 g/mol. The van der Waals surface area contributed by atoms with E-state index in [2.05, 4.69) is 21.5 Å². The van der Waals surface area contributed by atoms with Crippen molar-refractivity contribution in [1.29, 1.82) is 0 Å². The number of benzene rings is 2. The Kier molecular flexibility index (Phi) is 3.62. The molecule has 0 spiro atoms. The number of rotatable bonds is 3. The van der Waals surface area contributed by atoms with Gasteiger partial charge in [-0.25, -0.2) is 15.8 Å². The van der Waals surface area contributed by atoms with Crippen LogP contribution in [0.5, 0.6) is 0 Å². The SMILES string of the molecule is Cc1cccc(-c2nc(NN)cc(-c3ccccc3)n2)c1. The molecule has 0 saturated carbocycles. The van der Waals surface area contributed by atoms with E-state index in [0.29, 0.717) is 11.6 Å². The number of hydrazine groups is 1. The van der Waals surface area contributed by atoms with Crippen molar-refractivity contribution in [3.8, 4) is 22.6 Å². The van der Waals surface area contributed by atoms with Gasteiger partial charge in [0.1, 0.15) is 5.82 Å². The van der Waals surface area contributed by atoms with Gasteiger partial charge in [0, 0.05) is 17.2 Å². The van der Waals surface area contributed by atoms with Gasteiger partial charge < -0.3 is 5.43 Å². The predicted octanol–water partition coefficient (Wildman–Crippen LogP) is 3.40. The molecule has 0 fully saturated rings. The van der Waals surface area contributed by atoms with E-state index in [1.54, 1.807) is 0 Å². The van der Waals surface area contributed by atoms with Crippen molar-refractivity contribution in [3.05, 3.63) is 66.2 Å². The summed E-state index contributed by atoms with van der Waals surface area (Å²) in [5.41, 5.74) is 6.63. The van der Waals surface area contributed by atoms with Crippen LogP contribution in [0.2, 0.25) is 0 Å². The third kappa shape index (κ3) is 2.90. The van der Waals surface area contributed by atoms with E-state index in [9.17, 15) is 0 Å². The maximum absolute atomic E-state index is 5.53. The van der Waals surface area contributed by atoms with Crippen molar-refractivity contribution < 1.29 is 0 Å². The number of aryl methyl sites for hydroxylation is 1. The highest BCUT2D eigenvalue weighted by Gasteiger charge is 2.08. The van der Waals surface area contributed by atoms with Crippen LogP contribution < -0.4 is 11.3 Å². The Balaban J connectivity index is 2.14. The number of nitrogens with zero attached hydrogens (tertiary/aromatic N) is 2. The minimum atomic E-state index is 0.598. The molecule has 4 heteroatoms. The lowest BCUT2D eigenvalue weighted by Gasteiger charge is -2.08. The fraction of sp³-hybridized carbons (Fsp3) is 0.0588. The quantitative estimate of drug-likeness (QED) is 0.568. The van der Waals surface area contributed by atoms with Crippen molar-refractivity contribution in [2.75, 3.05) is 5.43 Å². The van der Waals surface area contributed by atoms with Crippen LogP contribution in [0, 0.1) is 6.92 Å². The van der Waals surface area contributed by atoms with E-state index in [1.807, 2.05) is 61.5 Å². The zero-order valence-electron chi connectivity index (χ0n) is 11.7. The molecular formula is C17H16N4. The summed E-state index contributed by atoms with van der Waals surface area (Å²) in [7, 11) is 0. The van der Waals surface area contributed by atoms with Crippen LogP contribution >= 0.6 is 0 Å². The van der Waals surface area contributed by atoms with Gasteiger partial charge >= 0.3 is 0 Å². The zero-order chi connectivity index (χ0) is 14.7. The first kappa shape index (κ1) is 13.3. The maximum atomic E-state index is 5.53. The minimum absolute atomic E-state index is 0.598. The van der Waals surface area contributed by atoms with Gasteiger partial charge in [0.05, 0.1) is 5.69 Å². The number of hydrogen-bond donors (Lipinski definition) is 2. The molecule has 2 aromatic carbocycles. The second-order valence-corrected chi connectivity index (χ2v) is 4.84. The van der Waals surface area contributed by atoms with Crippen LogP contribution in [0.3, 0.4) is 0 Å². The third-order valence-electron chi connectivity index (χ3n) is 3.22. The molecule has 0 aliphatic carbocycles. The summed E-state index contributed by atoms with van der Waals surface area (Å²) in [4.78, 5) is 9.10. The van der Waals surface area contributed by atoms with Crippen LogP contribution in [0.4, 0.5) is 5.82 Å². The summed E-state index contributed by atoms with van der Waals surface area (Å²) in [6.45, 7) is 2.05.